The molecule has 0 spiro atoms. The van der Waals surface area contributed by atoms with Crippen molar-refractivity contribution >= 4 is 29.3 Å². The van der Waals surface area contributed by atoms with E-state index >= 15 is 0 Å². The van der Waals surface area contributed by atoms with Crippen molar-refractivity contribution in [3.05, 3.63) is 83.7 Å². The fourth-order valence-electron chi connectivity index (χ4n) is 3.79. The predicted octanol–water partition coefficient (Wildman–Crippen LogP) is 5.19. The largest absolute Gasteiger partial charge is 0.342 e. The molecule has 0 bridgehead atoms. The highest BCUT2D eigenvalue weighted by Crippen LogP contribution is 2.26. The molecule has 0 unspecified atom stereocenters. The van der Waals surface area contributed by atoms with Crippen molar-refractivity contribution in [2.75, 3.05) is 11.1 Å². The van der Waals surface area contributed by atoms with Crippen molar-refractivity contribution in [2.45, 2.75) is 51.9 Å². The van der Waals surface area contributed by atoms with E-state index in [1.807, 2.05) is 61.7 Å². The van der Waals surface area contributed by atoms with Gasteiger partial charge in [-0.25, -0.2) is 0 Å². The molecule has 2 amide bonds. The van der Waals surface area contributed by atoms with Gasteiger partial charge in [-0.15, -0.1) is 16.8 Å². The number of allylic oxidation sites excluding steroid dienone is 1. The first kappa shape index (κ1) is 26.2. The number of para-hydroxylation sites is 1. The normalized spacial score (nSPS) is 11.8. The van der Waals surface area contributed by atoms with Crippen LogP contribution in [0.1, 0.15) is 54.1 Å². The van der Waals surface area contributed by atoms with E-state index in [2.05, 4.69) is 34.3 Å². The quantitative estimate of drug-likeness (QED) is 0.285. The molecule has 1 atom stereocenters. The number of carbonyl (C=O) groups excluding carboxylic acids is 2. The van der Waals surface area contributed by atoms with Crippen LogP contribution >= 0.6 is 11.8 Å². The van der Waals surface area contributed by atoms with Crippen LogP contribution in [-0.2, 0) is 17.8 Å². The third kappa shape index (κ3) is 6.60. The van der Waals surface area contributed by atoms with E-state index in [0.29, 0.717) is 23.1 Å². The molecule has 0 radical (unpaired) electrons. The van der Waals surface area contributed by atoms with Crippen LogP contribution in [0.3, 0.4) is 0 Å². The Morgan fingerprint density at radius 3 is 2.51 bits per heavy atom. The monoisotopic (exact) mass is 491 g/mol. The van der Waals surface area contributed by atoms with Crippen molar-refractivity contribution in [3.8, 4) is 0 Å². The Balaban J connectivity index is 1.76. The number of nitrogens with one attached hydrogen (secondary N) is 2. The molecule has 2 N–H and O–H groups in total. The van der Waals surface area contributed by atoms with Gasteiger partial charge < -0.3 is 15.2 Å². The Hall–Kier alpha value is -3.39. The number of amides is 2. The lowest BCUT2D eigenvalue weighted by Crippen LogP contribution is -2.33. The maximum atomic E-state index is 12.8. The van der Waals surface area contributed by atoms with Gasteiger partial charge in [0.1, 0.15) is 0 Å². The van der Waals surface area contributed by atoms with Crippen molar-refractivity contribution in [1.82, 2.24) is 20.1 Å². The van der Waals surface area contributed by atoms with Gasteiger partial charge in [0.25, 0.3) is 5.91 Å². The van der Waals surface area contributed by atoms with E-state index in [-0.39, 0.29) is 29.5 Å². The zero-order valence-electron chi connectivity index (χ0n) is 20.7. The molecular formula is C27H33N5O2S. The molecule has 0 aliphatic carbocycles. The summed E-state index contributed by atoms with van der Waals surface area (Å²) < 4.78 is 1.91. The van der Waals surface area contributed by atoms with Gasteiger partial charge in [-0.1, -0.05) is 75.0 Å². The summed E-state index contributed by atoms with van der Waals surface area (Å²) in [6, 6.07) is 14.8. The summed E-state index contributed by atoms with van der Waals surface area (Å²) in [6.07, 6.45) is 2.60. The second-order valence-electron chi connectivity index (χ2n) is 8.60. The Labute approximate surface area is 211 Å². The maximum absolute atomic E-state index is 12.8. The predicted molar refractivity (Wildman–Crippen MR) is 142 cm³/mol. The van der Waals surface area contributed by atoms with Crippen molar-refractivity contribution in [2.24, 2.45) is 5.92 Å². The van der Waals surface area contributed by atoms with Crippen LogP contribution < -0.4 is 10.6 Å². The Bertz CT molecular complexity index is 1170. The molecule has 3 rings (SSSR count). The number of rotatable bonds is 11. The van der Waals surface area contributed by atoms with E-state index in [1.54, 1.807) is 18.2 Å². The molecule has 2 aromatic carbocycles. The number of hydrogen-bond donors (Lipinski definition) is 2. The van der Waals surface area contributed by atoms with Gasteiger partial charge >= 0.3 is 0 Å². The van der Waals surface area contributed by atoms with Gasteiger partial charge in [0.2, 0.25) is 5.91 Å². The summed E-state index contributed by atoms with van der Waals surface area (Å²) in [6.45, 7) is 12.4. The molecule has 0 aliphatic heterocycles. The molecule has 0 aliphatic rings. The van der Waals surface area contributed by atoms with Crippen molar-refractivity contribution in [1.29, 1.82) is 0 Å². The molecule has 8 heteroatoms. The lowest BCUT2D eigenvalue weighted by Gasteiger charge is -2.22. The Morgan fingerprint density at radius 2 is 1.86 bits per heavy atom. The van der Waals surface area contributed by atoms with Gasteiger partial charge in [-0.05, 0) is 42.5 Å². The number of carbonyl (C=O) groups is 2. The van der Waals surface area contributed by atoms with Gasteiger partial charge in [0.05, 0.1) is 11.8 Å². The third-order valence-electron chi connectivity index (χ3n) is 5.66. The maximum Gasteiger partial charge on any atom is 0.251 e. The minimum absolute atomic E-state index is 0.0742. The van der Waals surface area contributed by atoms with Crippen LogP contribution in [0.4, 0.5) is 5.69 Å². The SMILES string of the molecule is C=CCn1c(SCC(=O)Nc2c(C)cccc2CC)nnc1[C@H](NC(=O)c1ccccc1)C(C)C. The second kappa shape index (κ2) is 12.4. The van der Waals surface area contributed by atoms with Gasteiger partial charge in [0.15, 0.2) is 11.0 Å². The highest BCUT2D eigenvalue weighted by atomic mass is 32.2. The summed E-state index contributed by atoms with van der Waals surface area (Å²) in [5.74, 6) is 0.627. The molecule has 184 valence electrons. The van der Waals surface area contributed by atoms with E-state index < -0.39 is 0 Å². The van der Waals surface area contributed by atoms with Crippen LogP contribution in [-0.4, -0.2) is 32.3 Å². The molecule has 0 saturated carbocycles. The number of aromatic nitrogens is 3. The van der Waals surface area contributed by atoms with Gasteiger partial charge in [0, 0.05) is 17.8 Å². The first-order chi connectivity index (χ1) is 16.8. The number of thioether (sulfide) groups is 1. The molecule has 7 nitrogen and oxygen atoms in total. The molecule has 1 heterocycles. The van der Waals surface area contributed by atoms with Crippen molar-refractivity contribution in [3.63, 3.8) is 0 Å². The molecule has 1 aromatic heterocycles. The van der Waals surface area contributed by atoms with E-state index in [9.17, 15) is 9.59 Å². The number of nitrogens with zero attached hydrogens (tertiary/aromatic N) is 3. The molecule has 0 fully saturated rings. The summed E-state index contributed by atoms with van der Waals surface area (Å²) in [7, 11) is 0. The number of benzene rings is 2. The zero-order valence-corrected chi connectivity index (χ0v) is 21.6. The highest BCUT2D eigenvalue weighted by molar-refractivity contribution is 7.99. The van der Waals surface area contributed by atoms with Crippen LogP contribution in [0.2, 0.25) is 0 Å². The fourth-order valence-corrected chi connectivity index (χ4v) is 4.54. The standard InChI is InChI=1S/C27H33N5O2S/c1-6-16-32-25(23(18(3)4)29-26(34)21-13-9-8-10-14-21)30-31-27(32)35-17-22(33)28-24-19(5)12-11-15-20(24)7-2/h6,8-15,18,23H,1,7,16-17H2,2-5H3,(H,28,33)(H,29,34)/t23-/m1/s1. The van der Waals surface area contributed by atoms with Crippen molar-refractivity contribution < 1.29 is 9.59 Å². The first-order valence-electron chi connectivity index (χ1n) is 11.8. The highest BCUT2D eigenvalue weighted by Gasteiger charge is 2.26. The first-order valence-corrected chi connectivity index (χ1v) is 12.7. The minimum Gasteiger partial charge on any atom is -0.342 e. The number of hydrogen-bond acceptors (Lipinski definition) is 5. The summed E-state index contributed by atoms with van der Waals surface area (Å²) >= 11 is 1.32. The smallest absolute Gasteiger partial charge is 0.251 e. The zero-order chi connectivity index (χ0) is 25.4. The molecule has 0 saturated heterocycles. The number of aryl methyl sites for hydroxylation is 2. The second-order valence-corrected chi connectivity index (χ2v) is 9.54. The van der Waals surface area contributed by atoms with Crippen LogP contribution in [0, 0.1) is 12.8 Å². The van der Waals surface area contributed by atoms with E-state index in [4.69, 9.17) is 0 Å². The Kier molecular flexibility index (Phi) is 9.25. The Morgan fingerprint density at radius 1 is 1.11 bits per heavy atom. The number of anilines is 1. The third-order valence-corrected chi connectivity index (χ3v) is 6.63. The fraction of sp³-hybridized carbons (Fsp3) is 0.333. The van der Waals surface area contributed by atoms with Crippen LogP contribution in [0.15, 0.2) is 66.3 Å². The topological polar surface area (TPSA) is 88.9 Å². The van der Waals surface area contributed by atoms with Gasteiger partial charge in [-0.2, -0.15) is 0 Å². The molecular weight excluding hydrogens is 458 g/mol. The summed E-state index contributed by atoms with van der Waals surface area (Å²) in [5, 5.41) is 15.5. The van der Waals surface area contributed by atoms with Crippen LogP contribution in [0.25, 0.3) is 0 Å². The van der Waals surface area contributed by atoms with Gasteiger partial charge in [-0.3, -0.25) is 9.59 Å². The average Bonchev–Trinajstić information content (AvgIpc) is 3.25. The average molecular weight is 492 g/mol. The lowest BCUT2D eigenvalue weighted by molar-refractivity contribution is -0.113. The van der Waals surface area contributed by atoms with Crippen LogP contribution in [0.5, 0.6) is 0 Å². The minimum atomic E-state index is -0.350. The van der Waals surface area contributed by atoms with E-state index in [1.165, 1.54) is 11.8 Å². The summed E-state index contributed by atoms with van der Waals surface area (Å²) in [5.41, 5.74) is 3.60. The molecule has 3 aromatic rings. The van der Waals surface area contributed by atoms with E-state index in [0.717, 1.165) is 23.2 Å². The summed E-state index contributed by atoms with van der Waals surface area (Å²) in [4.78, 5) is 25.6. The lowest BCUT2D eigenvalue weighted by atomic mass is 10.0. The molecule has 35 heavy (non-hydrogen) atoms.